The van der Waals surface area contributed by atoms with Crippen molar-refractivity contribution in [1.29, 1.82) is 0 Å². The molecule has 0 amide bonds. The van der Waals surface area contributed by atoms with Crippen molar-refractivity contribution in [2.45, 2.75) is 0 Å². The second-order valence-corrected chi connectivity index (χ2v) is 5.35. The van der Waals surface area contributed by atoms with Crippen molar-refractivity contribution in [2.24, 2.45) is 11.5 Å². The van der Waals surface area contributed by atoms with Gasteiger partial charge in [0.25, 0.3) is 0 Å². The first kappa shape index (κ1) is 10.4. The summed E-state index contributed by atoms with van der Waals surface area (Å²) in [6.45, 7) is 0.807. The predicted octanol–water partition coefficient (Wildman–Crippen LogP) is -0.110. The fraction of sp³-hybridized carbons (Fsp3) is 0.500. The van der Waals surface area contributed by atoms with Gasteiger partial charge in [0.05, 0.1) is 13.1 Å². The van der Waals surface area contributed by atoms with Crippen LogP contribution in [0.2, 0.25) is 0 Å². The first-order valence-corrected chi connectivity index (χ1v) is 5.70. The normalized spacial score (nSPS) is 10.5. The van der Waals surface area contributed by atoms with Crippen LogP contribution in [0.4, 0.5) is 0 Å². The molecular formula is C8H14N2S. The zero-order chi connectivity index (χ0) is 8.74. The zero-order valence-corrected chi connectivity index (χ0v) is 7.79. The lowest BCUT2D eigenvalue weighted by molar-refractivity contribution is 1.30. The minimum absolute atomic E-state index is 0.404. The van der Waals surface area contributed by atoms with Gasteiger partial charge in [0.1, 0.15) is 0 Å². The quantitative estimate of drug-likeness (QED) is 0.498. The molecule has 0 heterocycles. The van der Waals surface area contributed by atoms with E-state index in [1.807, 2.05) is 12.5 Å². The van der Waals surface area contributed by atoms with Crippen molar-refractivity contribution < 1.29 is 0 Å². The molecule has 4 N–H and O–H groups in total. The molecule has 0 aromatic rings. The Morgan fingerprint density at radius 3 is 1.64 bits per heavy atom. The molecule has 0 bridgehead atoms. The Balaban J connectivity index is 4.21. The minimum Gasteiger partial charge on any atom is -0.320 e. The maximum atomic E-state index is 5.23. The molecule has 62 valence electrons. The Hall–Kier alpha value is -0.610. The van der Waals surface area contributed by atoms with Crippen molar-refractivity contribution in [3.05, 3.63) is 0 Å². The number of rotatable bonds is 0. The molecular weight excluding hydrogens is 156 g/mol. The number of hydrogen-bond donors (Lipinski definition) is 2. The van der Waals surface area contributed by atoms with Crippen LogP contribution in [0, 0.1) is 22.3 Å². The summed E-state index contributed by atoms with van der Waals surface area (Å²) in [6.07, 6.45) is 4.05. The largest absolute Gasteiger partial charge is 0.320 e. The molecule has 0 aliphatic heterocycles. The van der Waals surface area contributed by atoms with Gasteiger partial charge in [0.2, 0.25) is 0 Å². The molecule has 0 rings (SSSR count). The molecule has 0 spiro atoms. The third-order valence-corrected chi connectivity index (χ3v) is 2.17. The smallest absolute Gasteiger partial charge is 0.0560 e. The molecule has 0 saturated carbocycles. The predicted molar refractivity (Wildman–Crippen MR) is 53.1 cm³/mol. The Labute approximate surface area is 70.0 Å². The van der Waals surface area contributed by atoms with E-state index in [9.17, 15) is 0 Å². The summed E-state index contributed by atoms with van der Waals surface area (Å²) in [5.41, 5.74) is 10.5. The van der Waals surface area contributed by atoms with E-state index in [0.29, 0.717) is 13.1 Å². The van der Waals surface area contributed by atoms with Crippen LogP contribution >= 0.6 is 10.0 Å². The third-order valence-electron chi connectivity index (χ3n) is 0.859. The van der Waals surface area contributed by atoms with E-state index in [1.54, 1.807) is 0 Å². The fourth-order valence-corrected chi connectivity index (χ4v) is 1.41. The van der Waals surface area contributed by atoms with E-state index in [4.69, 9.17) is 11.5 Å². The minimum atomic E-state index is -1.09. The van der Waals surface area contributed by atoms with Crippen molar-refractivity contribution in [3.8, 4) is 22.3 Å². The molecule has 0 aliphatic carbocycles. The summed E-state index contributed by atoms with van der Waals surface area (Å²) in [5, 5.41) is 6.05. The summed E-state index contributed by atoms with van der Waals surface area (Å²) < 4.78 is 0. The highest BCUT2D eigenvalue weighted by atomic mass is 32.3. The van der Waals surface area contributed by atoms with Gasteiger partial charge in [-0.1, -0.05) is 11.8 Å². The van der Waals surface area contributed by atoms with Crippen LogP contribution < -0.4 is 11.5 Å². The van der Waals surface area contributed by atoms with Crippen LogP contribution in [0.1, 0.15) is 0 Å². The molecule has 0 atom stereocenters. The van der Waals surface area contributed by atoms with Crippen molar-refractivity contribution in [3.63, 3.8) is 0 Å². The zero-order valence-electron chi connectivity index (χ0n) is 6.98. The lowest BCUT2D eigenvalue weighted by Crippen LogP contribution is -1.96. The molecule has 0 aliphatic rings. The van der Waals surface area contributed by atoms with E-state index in [0.717, 1.165) is 0 Å². The van der Waals surface area contributed by atoms with Crippen LogP contribution in [-0.4, -0.2) is 25.6 Å². The lowest BCUT2D eigenvalue weighted by atomic mass is 10.7. The highest BCUT2D eigenvalue weighted by Gasteiger charge is 2.00. The average molecular weight is 170 g/mol. The van der Waals surface area contributed by atoms with Gasteiger partial charge < -0.3 is 11.5 Å². The van der Waals surface area contributed by atoms with Crippen molar-refractivity contribution in [2.75, 3.05) is 25.6 Å². The van der Waals surface area contributed by atoms with Crippen molar-refractivity contribution >= 4 is 10.0 Å². The van der Waals surface area contributed by atoms with Crippen LogP contribution in [0.15, 0.2) is 0 Å². The topological polar surface area (TPSA) is 52.0 Å². The van der Waals surface area contributed by atoms with E-state index in [-0.39, 0.29) is 0 Å². The standard InChI is InChI=1S/C8H14N2S/c1-11(2,7-3-5-9)8-4-6-10/h5-6,9-10H2,1-2H3. The van der Waals surface area contributed by atoms with Gasteiger partial charge in [-0.25, -0.2) is 0 Å². The monoisotopic (exact) mass is 170 g/mol. The van der Waals surface area contributed by atoms with Crippen molar-refractivity contribution in [1.82, 2.24) is 0 Å². The van der Waals surface area contributed by atoms with Crippen LogP contribution in [0.5, 0.6) is 0 Å². The highest BCUT2D eigenvalue weighted by molar-refractivity contribution is 8.40. The van der Waals surface area contributed by atoms with Gasteiger partial charge in [0.15, 0.2) is 0 Å². The summed E-state index contributed by atoms with van der Waals surface area (Å²) in [5.74, 6) is 5.64. The molecule has 0 aromatic heterocycles. The van der Waals surface area contributed by atoms with E-state index >= 15 is 0 Å². The average Bonchev–Trinajstić information content (AvgIpc) is 1.97. The molecule has 3 heteroatoms. The second-order valence-electron chi connectivity index (χ2n) is 2.29. The molecule has 0 fully saturated rings. The van der Waals surface area contributed by atoms with Crippen LogP contribution in [0.3, 0.4) is 0 Å². The Morgan fingerprint density at radius 2 is 1.36 bits per heavy atom. The summed E-state index contributed by atoms with van der Waals surface area (Å²) in [6, 6.07) is 0. The molecule has 0 radical (unpaired) electrons. The SMILES string of the molecule is CS(C)(C#CCN)C#CCN. The number of nitrogens with two attached hydrogens (primary N) is 2. The summed E-state index contributed by atoms with van der Waals surface area (Å²) in [4.78, 5) is 0. The lowest BCUT2D eigenvalue weighted by Gasteiger charge is -2.13. The Bertz CT molecular complexity index is 200. The van der Waals surface area contributed by atoms with Gasteiger partial charge in [-0.05, 0) is 23.0 Å². The highest BCUT2D eigenvalue weighted by Crippen LogP contribution is 2.35. The van der Waals surface area contributed by atoms with Gasteiger partial charge in [-0.2, -0.15) is 0 Å². The van der Waals surface area contributed by atoms with Crippen LogP contribution in [0.25, 0.3) is 0 Å². The first-order valence-electron chi connectivity index (χ1n) is 3.25. The molecule has 0 unspecified atom stereocenters. The number of hydrogen-bond acceptors (Lipinski definition) is 2. The van der Waals surface area contributed by atoms with Crippen LogP contribution in [-0.2, 0) is 0 Å². The van der Waals surface area contributed by atoms with Gasteiger partial charge in [0, 0.05) is 0 Å². The molecule has 2 nitrogen and oxygen atoms in total. The maximum absolute atomic E-state index is 5.23. The Kier molecular flexibility index (Phi) is 4.81. The first-order chi connectivity index (χ1) is 5.12. The van der Waals surface area contributed by atoms with Gasteiger partial charge in [-0.3, -0.25) is 0 Å². The second kappa shape index (κ2) is 5.09. The Morgan fingerprint density at radius 1 is 1.00 bits per heavy atom. The van der Waals surface area contributed by atoms with E-state index in [2.05, 4.69) is 22.3 Å². The van der Waals surface area contributed by atoms with E-state index in [1.165, 1.54) is 0 Å². The molecule has 0 aromatic carbocycles. The summed E-state index contributed by atoms with van der Waals surface area (Å²) >= 11 is 0. The third kappa shape index (κ3) is 5.82. The fourth-order valence-electron chi connectivity index (χ4n) is 0.470. The maximum Gasteiger partial charge on any atom is 0.0560 e. The van der Waals surface area contributed by atoms with Gasteiger partial charge >= 0.3 is 0 Å². The van der Waals surface area contributed by atoms with Gasteiger partial charge in [-0.15, -0.1) is 10.0 Å². The summed E-state index contributed by atoms with van der Waals surface area (Å²) in [7, 11) is -1.09. The van der Waals surface area contributed by atoms with E-state index < -0.39 is 10.0 Å². The molecule has 11 heavy (non-hydrogen) atoms. The molecule has 0 saturated heterocycles.